The molecule has 150 heavy (non-hydrogen) atoms. The van der Waals surface area contributed by atoms with E-state index in [4.69, 9.17) is 65.5 Å². The van der Waals surface area contributed by atoms with E-state index in [0.717, 1.165) is 218 Å². The van der Waals surface area contributed by atoms with Gasteiger partial charge in [-0.15, -0.1) is 0 Å². The number of piperidine rings is 1. The van der Waals surface area contributed by atoms with E-state index >= 15 is 0 Å². The maximum atomic E-state index is 11.9. The average Bonchev–Trinajstić information content (AvgIpc) is 1.64. The van der Waals surface area contributed by atoms with Crippen LogP contribution in [0.4, 0.5) is 41.4 Å². The molecule has 6 fully saturated rings. The zero-order chi connectivity index (χ0) is 103. The lowest BCUT2D eigenvalue weighted by Gasteiger charge is -2.40. The van der Waals surface area contributed by atoms with Gasteiger partial charge in [0.05, 0.1) is 98.9 Å². The van der Waals surface area contributed by atoms with E-state index in [0.29, 0.717) is 70.1 Å². The van der Waals surface area contributed by atoms with Crippen molar-refractivity contribution < 1.29 is 32.5 Å². The van der Waals surface area contributed by atoms with Gasteiger partial charge in [-0.1, -0.05) is 173 Å². The lowest BCUT2D eigenvalue weighted by atomic mass is 9.62. The first kappa shape index (κ1) is 98.0. The summed E-state index contributed by atoms with van der Waals surface area (Å²) in [7, 11) is 10.8. The van der Waals surface area contributed by atoms with E-state index in [1.165, 1.54) is 27.2 Å². The number of aliphatic hydroxyl groups excluding tert-OH is 1. The van der Waals surface area contributed by atoms with Crippen molar-refractivity contribution in [1.29, 1.82) is 0 Å². The highest BCUT2D eigenvalue weighted by atomic mass is 16.5. The molecular weight excluding hydrogens is 1900 g/mol. The Morgan fingerprint density at radius 2 is 0.753 bits per heavy atom. The quantitative estimate of drug-likeness (QED) is 0.0295. The molecule has 0 unspecified atom stereocenters. The fourth-order valence-electron chi connectivity index (χ4n) is 19.9. The summed E-state index contributed by atoms with van der Waals surface area (Å²) in [6.07, 6.45) is 47.9. The molecule has 1 saturated heterocycles. The molecular formula is C107H110N36O7. The van der Waals surface area contributed by atoms with Gasteiger partial charge < -0.3 is 71.1 Å². The lowest BCUT2D eigenvalue weighted by Crippen LogP contribution is -2.37. The van der Waals surface area contributed by atoms with E-state index in [2.05, 4.69) is 231 Å². The predicted molar refractivity (Wildman–Crippen MR) is 556 cm³/mol. The zero-order valence-corrected chi connectivity index (χ0v) is 83.7. The Morgan fingerprint density at radius 3 is 1.13 bits per heavy atom. The molecule has 14 aromatic heterocycles. The lowest BCUT2D eigenvalue weighted by molar-refractivity contribution is -0.129. The van der Waals surface area contributed by atoms with E-state index in [1.807, 2.05) is 51.0 Å². The van der Waals surface area contributed by atoms with Gasteiger partial charge in [-0.05, 0) is 140 Å². The van der Waals surface area contributed by atoms with Crippen LogP contribution < -0.4 is 38.5 Å². The van der Waals surface area contributed by atoms with Crippen LogP contribution in [0.5, 0.6) is 0 Å². The van der Waals surface area contributed by atoms with Crippen LogP contribution in [0, 0.1) is 6.92 Å². The van der Waals surface area contributed by atoms with Gasteiger partial charge in [0, 0.05) is 151 Å². The molecule has 0 radical (unpaired) electrons. The van der Waals surface area contributed by atoms with Crippen LogP contribution >= 0.6 is 0 Å². The molecule has 5 aliphatic carbocycles. The number of hydrogen-bond donors (Lipinski definition) is 7. The molecule has 0 bridgehead atoms. The van der Waals surface area contributed by atoms with E-state index in [9.17, 15) is 9.90 Å². The number of aromatic nitrogens is 28. The number of anilines is 7. The van der Waals surface area contributed by atoms with Gasteiger partial charge in [0.1, 0.15) is 23.9 Å². The third kappa shape index (κ3) is 20.0. The van der Waals surface area contributed by atoms with Gasteiger partial charge in [-0.2, -0.15) is 40.2 Å². The first-order chi connectivity index (χ1) is 73.0. The summed E-state index contributed by atoms with van der Waals surface area (Å²) in [6, 6.07) is 40.5. The van der Waals surface area contributed by atoms with Crippen LogP contribution in [0.2, 0.25) is 0 Å². The number of likely N-dealkylation sites (N-methyl/N-ethyl adjacent to an activating group) is 1. The molecule has 0 atom stereocenters. The maximum absolute atomic E-state index is 11.9. The normalized spacial score (nSPS) is 15.7. The van der Waals surface area contributed by atoms with Gasteiger partial charge >= 0.3 is 6.01 Å². The minimum atomic E-state index is -0.274. The first-order valence-electron chi connectivity index (χ1n) is 49.7. The van der Waals surface area contributed by atoms with Crippen LogP contribution in [-0.2, 0) is 52.5 Å². The summed E-state index contributed by atoms with van der Waals surface area (Å²) in [5.74, 6) is 7.85. The largest absolute Gasteiger partial charge is 0.393 e. The smallest absolute Gasteiger partial charge is 0.324 e. The van der Waals surface area contributed by atoms with E-state index in [-0.39, 0.29) is 63.5 Å². The van der Waals surface area contributed by atoms with Crippen LogP contribution in [0.3, 0.4) is 0 Å². The number of nitrogens with one attached hydrogen (secondary N) is 2. The monoisotopic (exact) mass is 2010 g/mol. The zero-order valence-electron chi connectivity index (χ0n) is 83.7. The van der Waals surface area contributed by atoms with Crippen molar-refractivity contribution >= 4 is 47.4 Å². The topological polar surface area (TPSA) is 575 Å². The van der Waals surface area contributed by atoms with Crippen molar-refractivity contribution in [2.75, 3.05) is 79.7 Å². The van der Waals surface area contributed by atoms with Gasteiger partial charge in [0.25, 0.3) is 23.6 Å². The van der Waals surface area contributed by atoms with Gasteiger partial charge in [0.2, 0.25) is 29.7 Å². The molecule has 11 N–H and O–H groups in total. The summed E-state index contributed by atoms with van der Waals surface area (Å²) in [5, 5.41) is 49.8. The number of hydrogen-bond acceptors (Lipinski definition) is 39. The molecule has 5 aromatic carbocycles. The van der Waals surface area contributed by atoms with Crippen LogP contribution in [0.1, 0.15) is 172 Å². The van der Waals surface area contributed by atoms with Crippen molar-refractivity contribution in [3.05, 3.63) is 289 Å². The van der Waals surface area contributed by atoms with Crippen molar-refractivity contribution in [2.24, 2.45) is 14.1 Å². The minimum Gasteiger partial charge on any atom is -0.393 e. The Morgan fingerprint density at radius 1 is 0.380 bits per heavy atom. The highest BCUT2D eigenvalue weighted by Gasteiger charge is 2.50. The maximum Gasteiger partial charge on any atom is 0.324 e. The molecule has 1 aliphatic heterocycles. The number of carbonyl (C=O) groups excluding carboxylic acids is 1. The Balaban J connectivity index is 0.000000110. The highest BCUT2D eigenvalue weighted by molar-refractivity contribution is 5.75. The molecule has 15 heterocycles. The molecule has 43 nitrogen and oxygen atoms in total. The number of carbonyl (C=O) groups is 1. The van der Waals surface area contributed by atoms with Crippen molar-refractivity contribution in [1.82, 2.24) is 145 Å². The fourth-order valence-corrected chi connectivity index (χ4v) is 19.9. The Bertz CT molecular complexity index is 7830. The number of amides is 1. The molecule has 19 aromatic rings. The summed E-state index contributed by atoms with van der Waals surface area (Å²) in [6.45, 7) is 3.77. The Kier molecular flexibility index (Phi) is 27.3. The number of nitrogens with two attached hydrogens (primary N) is 4. The van der Waals surface area contributed by atoms with Crippen LogP contribution in [0.25, 0.3) is 102 Å². The molecule has 5 saturated carbocycles. The molecule has 43 heteroatoms. The Labute approximate surface area is 860 Å². The van der Waals surface area contributed by atoms with Crippen LogP contribution in [-0.4, -0.2) is 203 Å². The molecule has 760 valence electrons. The van der Waals surface area contributed by atoms with Gasteiger partial charge in [-0.3, -0.25) is 23.8 Å². The predicted octanol–water partition coefficient (Wildman–Crippen LogP) is 14.9. The molecule has 25 rings (SSSR count). The molecule has 6 aliphatic rings. The third-order valence-electron chi connectivity index (χ3n) is 29.4. The number of aryl methyl sites for hydroxylation is 3. The summed E-state index contributed by atoms with van der Waals surface area (Å²) in [4.78, 5) is 89.2. The SMILES string of the molecule is CN(C)C(=O)Cn1cc(-c2nc(C3(c4ccc(-c5cnc(N)cn5)cc4)CCC3)no2)cn1.CNc1cnc(-c2nc(C3(c4ccc(-c5cnc(N)nc5)cc4)CCC3)no2)cn1.CNc1ncc(-c2ccc(C3(c4noc(-c5cnn(C)c5)n4)CCC3)cc2)cn1.Cc1cc(-c2cnc(N)nc2)ccc1C1(c2noc(-c3cnn(C)c3)n2)CCC1.Nc1ncc(-c2ccc(C3(c4noc(N5CCC(O)CC5)n4)CCC3)cc2)cn1. The first-order valence-corrected chi connectivity index (χ1v) is 49.7. The molecule has 0 spiro atoms. The number of rotatable bonds is 24. The summed E-state index contributed by atoms with van der Waals surface area (Å²) in [5.41, 5.74) is 41.1. The second-order valence-electron chi connectivity index (χ2n) is 38.7. The standard InChI is InChI=1S/C23H24N8O2.C21H20N8O.2C21H21N7O.C21H24N6O2/c1-30(2)20(32)14-31-13-16(10-27-31)21-28-22(29-33-21)23(8-3-9-23)17-6-4-15(5-7-17)18-11-26-19(24)12-25-18;1-23-17-12-24-16(11-25-17)18-28-19(29-30-18)21(7-2-8-21)15-5-3-13(4-6-15)14-9-26-20(22)27-10-14;1-22-20-23-10-15(11-24-20)14-4-6-17(7-5-14)21(8-3-9-21)19-26-18(29-27-19)16-12-25-28(2)13-16;1-13-8-14(15-9-23-20(22)24-10-15)4-5-17(13)21(6-3-7-21)19-26-18(29-27-19)16-11-25-28(2)12-16;22-19-23-12-15(13-24-19)14-2-4-16(5-3-14)21(8-1-9-21)18-25-20(29-26-18)27-10-6-17(28)7-11-27/h4-7,10-13H,3,8-9,14H2,1-2H3,(H2,24,26);3-6,9-12H,2,7-8H2,1H3,(H,23,25)(H2,22,26,27);4-7,10-13H,3,8-9H2,1-2H3,(H,22,23,24);4-5,8-12H,3,6-7H2,1-2H3,(H2,22,23,24);2-5,12-13,17,28H,1,6-11H2,(H2,22,23,24). The molecule has 1 amide bonds. The average molecular weight is 2010 g/mol. The summed E-state index contributed by atoms with van der Waals surface area (Å²) >= 11 is 0. The highest BCUT2D eigenvalue weighted by Crippen LogP contribution is 2.54. The van der Waals surface area contributed by atoms with Gasteiger partial charge in [0.15, 0.2) is 29.1 Å². The van der Waals surface area contributed by atoms with Crippen molar-refractivity contribution in [3.8, 4) is 102 Å². The van der Waals surface area contributed by atoms with Crippen LogP contribution in [0.15, 0.2) is 249 Å². The van der Waals surface area contributed by atoms with E-state index < -0.39 is 0 Å². The fraction of sp³-hybridized carbons (Fsp3) is 0.308. The second kappa shape index (κ2) is 41.8. The number of nitrogens with zero attached hydrogens (tertiary/aromatic N) is 30. The van der Waals surface area contributed by atoms with Gasteiger partial charge in [-0.25, -0.2) is 54.8 Å². The number of aliphatic hydroxyl groups is 1. The third-order valence-corrected chi connectivity index (χ3v) is 29.4. The summed E-state index contributed by atoms with van der Waals surface area (Å²) < 4.78 is 32.8. The minimum absolute atomic E-state index is 0.0438. The number of nitrogen functional groups attached to an aromatic ring is 4. The van der Waals surface area contributed by atoms with E-state index in [1.54, 1.807) is 129 Å². The second-order valence-corrected chi connectivity index (χ2v) is 38.7. The Hall–Kier alpha value is -18.1. The number of benzene rings is 5. The van der Waals surface area contributed by atoms with Crippen molar-refractivity contribution in [2.45, 2.75) is 156 Å². The van der Waals surface area contributed by atoms with Crippen molar-refractivity contribution in [3.63, 3.8) is 0 Å².